The van der Waals surface area contributed by atoms with Crippen LogP contribution in [0.1, 0.15) is 31.2 Å². The second-order valence-electron chi connectivity index (χ2n) is 5.84. The van der Waals surface area contributed by atoms with Crippen molar-refractivity contribution < 1.29 is 9.90 Å². The van der Waals surface area contributed by atoms with E-state index in [1.54, 1.807) is 18.1 Å². The van der Waals surface area contributed by atoms with Crippen molar-refractivity contribution in [3.63, 3.8) is 0 Å². The van der Waals surface area contributed by atoms with Crippen molar-refractivity contribution >= 4 is 6.03 Å². The van der Waals surface area contributed by atoms with Gasteiger partial charge in [0.15, 0.2) is 0 Å². The van der Waals surface area contributed by atoms with Gasteiger partial charge in [-0.05, 0) is 30.9 Å². The Bertz CT molecular complexity index is 438. The molecule has 1 aliphatic carbocycles. The molecule has 2 rings (SSSR count). The number of carbonyl (C=O) groups is 1. The molecule has 2 amide bonds. The third kappa shape index (κ3) is 5.01. The van der Waals surface area contributed by atoms with Crippen LogP contribution in [0.4, 0.5) is 4.79 Å². The van der Waals surface area contributed by atoms with E-state index < -0.39 is 0 Å². The lowest BCUT2D eigenvalue weighted by molar-refractivity contribution is 0.0565. The number of carbonyl (C=O) groups excluding carboxylic acids is 1. The topological polar surface area (TPSA) is 65.5 Å². The zero-order valence-electron chi connectivity index (χ0n) is 12.7. The van der Waals surface area contributed by atoms with Gasteiger partial charge < -0.3 is 15.3 Å². The summed E-state index contributed by atoms with van der Waals surface area (Å²) in [5, 5.41) is 12.9. The molecule has 1 saturated carbocycles. The van der Waals surface area contributed by atoms with Gasteiger partial charge >= 0.3 is 6.03 Å². The molecule has 21 heavy (non-hydrogen) atoms. The molecule has 2 atom stereocenters. The number of amides is 2. The molecule has 5 nitrogen and oxygen atoms in total. The van der Waals surface area contributed by atoms with Gasteiger partial charge in [0.05, 0.1) is 6.10 Å². The van der Waals surface area contributed by atoms with Crippen LogP contribution in [0.5, 0.6) is 0 Å². The fourth-order valence-electron chi connectivity index (χ4n) is 2.83. The molecule has 0 aliphatic heterocycles. The van der Waals surface area contributed by atoms with E-state index in [2.05, 4.69) is 10.3 Å². The molecule has 2 N–H and O–H groups in total. The van der Waals surface area contributed by atoms with E-state index in [1.807, 2.05) is 18.3 Å². The van der Waals surface area contributed by atoms with Crippen molar-refractivity contribution in [3.8, 4) is 0 Å². The van der Waals surface area contributed by atoms with Crippen molar-refractivity contribution in [3.05, 3.63) is 30.1 Å². The highest BCUT2D eigenvalue weighted by Gasteiger charge is 2.25. The van der Waals surface area contributed by atoms with Crippen molar-refractivity contribution in [2.45, 2.75) is 38.2 Å². The quantitative estimate of drug-likeness (QED) is 0.869. The number of hydrogen-bond donors (Lipinski definition) is 2. The second-order valence-corrected chi connectivity index (χ2v) is 5.84. The molecule has 116 valence electrons. The number of aliphatic hydroxyl groups is 1. The summed E-state index contributed by atoms with van der Waals surface area (Å²) in [6.07, 6.45) is 8.19. The normalized spacial score (nSPS) is 21.8. The zero-order chi connectivity index (χ0) is 15.1. The molecular formula is C16H25N3O2. The van der Waals surface area contributed by atoms with E-state index in [0.717, 1.165) is 37.7 Å². The Morgan fingerprint density at radius 3 is 3.00 bits per heavy atom. The van der Waals surface area contributed by atoms with Crippen molar-refractivity contribution in [2.24, 2.45) is 5.92 Å². The minimum atomic E-state index is -0.260. The van der Waals surface area contributed by atoms with Crippen LogP contribution < -0.4 is 5.32 Å². The Balaban J connectivity index is 1.70. The maximum absolute atomic E-state index is 12.0. The number of nitrogens with zero attached hydrogens (tertiary/aromatic N) is 2. The molecule has 1 fully saturated rings. The van der Waals surface area contributed by atoms with Gasteiger partial charge in [-0.1, -0.05) is 18.9 Å². The first-order chi connectivity index (χ1) is 10.2. The van der Waals surface area contributed by atoms with Crippen LogP contribution in [0.25, 0.3) is 0 Å². The van der Waals surface area contributed by atoms with E-state index in [4.69, 9.17) is 0 Å². The van der Waals surface area contributed by atoms with Gasteiger partial charge in [0.2, 0.25) is 0 Å². The smallest absolute Gasteiger partial charge is 0.317 e. The Hall–Kier alpha value is -1.62. The van der Waals surface area contributed by atoms with Gasteiger partial charge in [0, 0.05) is 38.4 Å². The summed E-state index contributed by atoms with van der Waals surface area (Å²) in [6.45, 7) is 1.22. The molecule has 0 radical (unpaired) electrons. The largest absolute Gasteiger partial charge is 0.393 e. The molecule has 1 heterocycles. The molecule has 0 saturated heterocycles. The number of aromatic nitrogens is 1. The van der Waals surface area contributed by atoms with Gasteiger partial charge in [0.1, 0.15) is 0 Å². The van der Waals surface area contributed by atoms with E-state index in [9.17, 15) is 9.90 Å². The van der Waals surface area contributed by atoms with E-state index in [0.29, 0.717) is 13.1 Å². The first kappa shape index (κ1) is 15.8. The van der Waals surface area contributed by atoms with Gasteiger partial charge in [0.25, 0.3) is 0 Å². The predicted molar refractivity (Wildman–Crippen MR) is 81.9 cm³/mol. The highest BCUT2D eigenvalue weighted by molar-refractivity contribution is 5.73. The summed E-state index contributed by atoms with van der Waals surface area (Å²) in [5.74, 6) is 0.216. The number of urea groups is 1. The van der Waals surface area contributed by atoms with Gasteiger partial charge in [-0.15, -0.1) is 0 Å². The van der Waals surface area contributed by atoms with Crippen molar-refractivity contribution in [1.29, 1.82) is 0 Å². The van der Waals surface area contributed by atoms with Gasteiger partial charge in [-0.25, -0.2) is 4.79 Å². The monoisotopic (exact) mass is 291 g/mol. The lowest BCUT2D eigenvalue weighted by Crippen LogP contribution is -2.43. The molecular weight excluding hydrogens is 266 g/mol. The summed E-state index contributed by atoms with van der Waals surface area (Å²) in [7, 11) is 1.79. The molecule has 0 aromatic carbocycles. The summed E-state index contributed by atoms with van der Waals surface area (Å²) < 4.78 is 0. The maximum atomic E-state index is 12.0. The SMILES string of the molecule is CN(CC1CCCCC1O)C(=O)NCCc1cccnc1. The van der Waals surface area contributed by atoms with Crippen molar-refractivity contribution in [1.82, 2.24) is 15.2 Å². The molecule has 0 spiro atoms. The molecule has 0 bridgehead atoms. The standard InChI is InChI=1S/C16H25N3O2/c1-19(12-14-6-2-3-7-15(14)20)16(21)18-10-8-13-5-4-9-17-11-13/h4-5,9,11,14-15,20H,2-3,6-8,10,12H2,1H3,(H,18,21). The Morgan fingerprint density at radius 1 is 1.48 bits per heavy atom. The van der Waals surface area contributed by atoms with Crippen LogP contribution in [-0.2, 0) is 6.42 Å². The van der Waals surface area contributed by atoms with Crippen LogP contribution in [0.15, 0.2) is 24.5 Å². The third-order valence-electron chi connectivity index (χ3n) is 4.14. The van der Waals surface area contributed by atoms with Gasteiger partial charge in [-0.3, -0.25) is 4.98 Å². The first-order valence-electron chi connectivity index (χ1n) is 7.72. The van der Waals surface area contributed by atoms with E-state index >= 15 is 0 Å². The maximum Gasteiger partial charge on any atom is 0.317 e. The number of aliphatic hydroxyl groups excluding tert-OH is 1. The summed E-state index contributed by atoms with van der Waals surface area (Å²) >= 11 is 0. The predicted octanol–water partition coefficient (Wildman–Crippen LogP) is 1.82. The highest BCUT2D eigenvalue weighted by Crippen LogP contribution is 2.24. The van der Waals surface area contributed by atoms with Crippen LogP contribution in [0, 0.1) is 5.92 Å². The average molecular weight is 291 g/mol. The molecule has 1 aromatic heterocycles. The Labute approximate surface area is 126 Å². The van der Waals surface area contributed by atoms with Crippen LogP contribution in [-0.4, -0.2) is 47.3 Å². The van der Waals surface area contributed by atoms with Crippen LogP contribution in [0.2, 0.25) is 0 Å². The zero-order valence-corrected chi connectivity index (χ0v) is 12.7. The summed E-state index contributed by atoms with van der Waals surface area (Å²) in [4.78, 5) is 17.8. The second kappa shape index (κ2) is 7.98. The first-order valence-corrected chi connectivity index (χ1v) is 7.72. The molecule has 1 aliphatic rings. The fraction of sp³-hybridized carbons (Fsp3) is 0.625. The van der Waals surface area contributed by atoms with Crippen LogP contribution >= 0.6 is 0 Å². The highest BCUT2D eigenvalue weighted by atomic mass is 16.3. The van der Waals surface area contributed by atoms with Crippen molar-refractivity contribution in [2.75, 3.05) is 20.1 Å². The molecule has 2 unspecified atom stereocenters. The van der Waals surface area contributed by atoms with Crippen LogP contribution in [0.3, 0.4) is 0 Å². The van der Waals surface area contributed by atoms with E-state index in [-0.39, 0.29) is 18.1 Å². The lowest BCUT2D eigenvalue weighted by Gasteiger charge is -2.31. The Morgan fingerprint density at radius 2 is 2.29 bits per heavy atom. The average Bonchev–Trinajstić information content (AvgIpc) is 2.50. The number of hydrogen-bond acceptors (Lipinski definition) is 3. The number of pyridine rings is 1. The molecule has 5 heteroatoms. The minimum absolute atomic E-state index is 0.0725. The third-order valence-corrected chi connectivity index (χ3v) is 4.14. The fourth-order valence-corrected chi connectivity index (χ4v) is 2.83. The summed E-state index contributed by atoms with van der Waals surface area (Å²) in [6, 6.07) is 3.83. The molecule has 1 aromatic rings. The Kier molecular flexibility index (Phi) is 5.99. The number of rotatable bonds is 5. The van der Waals surface area contributed by atoms with E-state index in [1.165, 1.54) is 0 Å². The van der Waals surface area contributed by atoms with Gasteiger partial charge in [-0.2, -0.15) is 0 Å². The summed E-state index contributed by atoms with van der Waals surface area (Å²) in [5.41, 5.74) is 1.11. The minimum Gasteiger partial charge on any atom is -0.393 e. The lowest BCUT2D eigenvalue weighted by atomic mass is 9.86. The number of nitrogens with one attached hydrogen (secondary N) is 1.